The van der Waals surface area contributed by atoms with E-state index < -0.39 is 11.8 Å². The van der Waals surface area contributed by atoms with E-state index in [9.17, 15) is 9.90 Å². The zero-order chi connectivity index (χ0) is 14.0. The van der Waals surface area contributed by atoms with Crippen LogP contribution in [0.25, 0.3) is 6.08 Å². The average Bonchev–Trinajstić information content (AvgIpc) is 2.36. The zero-order valence-electron chi connectivity index (χ0n) is 11.1. The topological polar surface area (TPSA) is 65.0 Å². The van der Waals surface area contributed by atoms with Crippen molar-refractivity contribution in [2.24, 2.45) is 0 Å². The number of benzene rings is 1. The molecule has 1 atom stereocenters. The van der Waals surface area contributed by atoms with Crippen molar-refractivity contribution >= 4 is 12.0 Å². The molecular weight excluding hydrogens is 248 g/mol. The van der Waals surface area contributed by atoms with E-state index in [1.807, 2.05) is 0 Å². The number of hydrogen-bond donors (Lipinski definition) is 1. The number of rotatable bonds is 3. The zero-order valence-corrected chi connectivity index (χ0v) is 11.1. The van der Waals surface area contributed by atoms with Crippen molar-refractivity contribution in [3.63, 3.8) is 0 Å². The summed E-state index contributed by atoms with van der Waals surface area (Å²) >= 11 is 0. The van der Waals surface area contributed by atoms with Gasteiger partial charge in [-0.2, -0.15) is 0 Å². The molecule has 0 aromatic heterocycles. The summed E-state index contributed by atoms with van der Waals surface area (Å²) in [6.45, 7) is 3.33. The Labute approximate surface area is 111 Å². The monoisotopic (exact) mass is 264 g/mol. The maximum absolute atomic E-state index is 11.8. The molecule has 5 heteroatoms. The molecule has 1 aromatic rings. The molecule has 0 bridgehead atoms. The fourth-order valence-corrected chi connectivity index (χ4v) is 1.92. The Kier molecular flexibility index (Phi) is 3.48. The molecule has 102 valence electrons. The molecule has 1 aliphatic heterocycles. The van der Waals surface area contributed by atoms with Gasteiger partial charge in [0.15, 0.2) is 11.5 Å². The third-order valence-electron chi connectivity index (χ3n) is 2.83. The fraction of sp³-hybridized carbons (Fsp3) is 0.357. The summed E-state index contributed by atoms with van der Waals surface area (Å²) in [6.07, 6.45) is 1.55. The summed E-state index contributed by atoms with van der Waals surface area (Å²) in [5.74, 6) is -1.44. The quantitative estimate of drug-likeness (QED) is 0.842. The Balaban J connectivity index is 2.50. The highest BCUT2D eigenvalue weighted by atomic mass is 16.6. The molecule has 1 heterocycles. The number of carbonyl (C=O) groups is 1. The molecule has 0 radical (unpaired) electrons. The van der Waals surface area contributed by atoms with Crippen LogP contribution >= 0.6 is 0 Å². The minimum Gasteiger partial charge on any atom is -0.493 e. The summed E-state index contributed by atoms with van der Waals surface area (Å²) in [7, 11) is 1.51. The summed E-state index contributed by atoms with van der Waals surface area (Å²) in [5.41, 5.74) is 0.726. The molecule has 0 aliphatic carbocycles. The van der Waals surface area contributed by atoms with Crippen molar-refractivity contribution < 1.29 is 24.1 Å². The second-order valence-corrected chi connectivity index (χ2v) is 4.24. The highest BCUT2D eigenvalue weighted by molar-refractivity contribution is 5.97. The van der Waals surface area contributed by atoms with Gasteiger partial charge in [0.1, 0.15) is 5.57 Å². The van der Waals surface area contributed by atoms with Crippen LogP contribution in [-0.2, 0) is 9.53 Å². The molecule has 0 saturated carbocycles. The second kappa shape index (κ2) is 4.93. The van der Waals surface area contributed by atoms with Crippen LogP contribution in [0.15, 0.2) is 23.8 Å². The van der Waals surface area contributed by atoms with E-state index in [0.717, 1.165) is 0 Å². The predicted molar refractivity (Wildman–Crippen MR) is 68.9 cm³/mol. The van der Waals surface area contributed by atoms with Crippen molar-refractivity contribution in [3.8, 4) is 11.5 Å². The number of aliphatic hydroxyl groups is 1. The molecule has 1 aliphatic rings. The first-order valence-electron chi connectivity index (χ1n) is 5.97. The average molecular weight is 264 g/mol. The first-order chi connectivity index (χ1) is 8.99. The molecule has 0 fully saturated rings. The number of para-hydroxylation sites is 1. The summed E-state index contributed by atoms with van der Waals surface area (Å²) in [6, 6.07) is 5.27. The van der Waals surface area contributed by atoms with Gasteiger partial charge in [0, 0.05) is 12.5 Å². The van der Waals surface area contributed by atoms with E-state index in [2.05, 4.69) is 0 Å². The SMILES string of the molecule is CCOC(=O)C1=Cc2cccc(OC)c2OC1(C)O. The van der Waals surface area contributed by atoms with Crippen LogP contribution in [0.4, 0.5) is 0 Å². The number of ether oxygens (including phenoxy) is 3. The standard InChI is InChI=1S/C14H16O5/c1-4-18-13(15)10-8-9-6-5-7-11(17-3)12(9)19-14(10,2)16/h5-8,16H,4H2,1-3H3. The molecule has 0 spiro atoms. The molecular formula is C14H16O5. The van der Waals surface area contributed by atoms with Crippen molar-refractivity contribution in [1.29, 1.82) is 0 Å². The number of hydrogen-bond acceptors (Lipinski definition) is 5. The molecule has 5 nitrogen and oxygen atoms in total. The van der Waals surface area contributed by atoms with E-state index in [-0.39, 0.29) is 12.2 Å². The lowest BCUT2D eigenvalue weighted by Crippen LogP contribution is -2.40. The van der Waals surface area contributed by atoms with Gasteiger partial charge >= 0.3 is 5.97 Å². The van der Waals surface area contributed by atoms with Crippen molar-refractivity contribution in [3.05, 3.63) is 29.3 Å². The normalized spacial score (nSPS) is 20.9. The van der Waals surface area contributed by atoms with Gasteiger partial charge in [-0.3, -0.25) is 0 Å². The Morgan fingerprint density at radius 2 is 2.21 bits per heavy atom. The van der Waals surface area contributed by atoms with Crippen LogP contribution in [-0.4, -0.2) is 30.6 Å². The second-order valence-electron chi connectivity index (χ2n) is 4.24. The minimum atomic E-state index is -1.74. The highest BCUT2D eigenvalue weighted by Gasteiger charge is 2.39. The van der Waals surface area contributed by atoms with Crippen molar-refractivity contribution in [2.75, 3.05) is 13.7 Å². The number of esters is 1. The van der Waals surface area contributed by atoms with Gasteiger partial charge in [0.25, 0.3) is 0 Å². The molecule has 1 N–H and O–H groups in total. The van der Waals surface area contributed by atoms with Crippen LogP contribution in [0, 0.1) is 0 Å². The molecule has 0 saturated heterocycles. The Bertz CT molecular complexity index is 531. The van der Waals surface area contributed by atoms with Crippen molar-refractivity contribution in [2.45, 2.75) is 19.6 Å². The molecule has 1 aromatic carbocycles. The Morgan fingerprint density at radius 1 is 1.47 bits per heavy atom. The van der Waals surface area contributed by atoms with Gasteiger partial charge in [0.05, 0.1) is 13.7 Å². The lowest BCUT2D eigenvalue weighted by molar-refractivity contribution is -0.149. The first-order valence-corrected chi connectivity index (χ1v) is 5.97. The third-order valence-corrected chi connectivity index (χ3v) is 2.83. The smallest absolute Gasteiger partial charge is 0.340 e. The predicted octanol–water partition coefficient (Wildman–Crippen LogP) is 1.74. The summed E-state index contributed by atoms with van der Waals surface area (Å²) in [5, 5.41) is 10.3. The van der Waals surface area contributed by atoms with Gasteiger partial charge in [0.2, 0.25) is 5.79 Å². The van der Waals surface area contributed by atoms with E-state index in [0.29, 0.717) is 17.1 Å². The Hall–Kier alpha value is -2.01. The van der Waals surface area contributed by atoms with E-state index in [4.69, 9.17) is 14.2 Å². The number of carbonyl (C=O) groups excluding carboxylic acids is 1. The highest BCUT2D eigenvalue weighted by Crippen LogP contribution is 2.40. The van der Waals surface area contributed by atoms with Gasteiger partial charge in [-0.1, -0.05) is 12.1 Å². The van der Waals surface area contributed by atoms with Crippen LogP contribution in [0.1, 0.15) is 19.4 Å². The van der Waals surface area contributed by atoms with Crippen LogP contribution in [0.2, 0.25) is 0 Å². The van der Waals surface area contributed by atoms with Gasteiger partial charge in [-0.15, -0.1) is 0 Å². The maximum Gasteiger partial charge on any atom is 0.340 e. The van der Waals surface area contributed by atoms with Gasteiger partial charge in [-0.05, 0) is 19.1 Å². The van der Waals surface area contributed by atoms with Gasteiger partial charge < -0.3 is 19.3 Å². The van der Waals surface area contributed by atoms with E-state index in [1.54, 1.807) is 31.2 Å². The summed E-state index contributed by atoms with van der Waals surface area (Å²) in [4.78, 5) is 11.8. The number of methoxy groups -OCH3 is 1. The van der Waals surface area contributed by atoms with E-state index in [1.165, 1.54) is 14.0 Å². The lowest BCUT2D eigenvalue weighted by atomic mass is 9.99. The Morgan fingerprint density at radius 3 is 2.84 bits per heavy atom. The molecule has 0 amide bonds. The van der Waals surface area contributed by atoms with Crippen LogP contribution < -0.4 is 9.47 Å². The van der Waals surface area contributed by atoms with Crippen LogP contribution in [0.5, 0.6) is 11.5 Å². The minimum absolute atomic E-state index is 0.0649. The third kappa shape index (κ3) is 2.42. The van der Waals surface area contributed by atoms with Crippen LogP contribution in [0.3, 0.4) is 0 Å². The summed E-state index contributed by atoms with van der Waals surface area (Å²) < 4.78 is 15.6. The lowest BCUT2D eigenvalue weighted by Gasteiger charge is -2.31. The molecule has 2 rings (SSSR count). The van der Waals surface area contributed by atoms with Crippen molar-refractivity contribution in [1.82, 2.24) is 0 Å². The van der Waals surface area contributed by atoms with Gasteiger partial charge in [-0.25, -0.2) is 4.79 Å². The number of fused-ring (bicyclic) bond motifs is 1. The maximum atomic E-state index is 11.8. The first kappa shape index (κ1) is 13.4. The largest absolute Gasteiger partial charge is 0.493 e. The fourth-order valence-electron chi connectivity index (χ4n) is 1.92. The van der Waals surface area contributed by atoms with E-state index >= 15 is 0 Å². The molecule has 1 unspecified atom stereocenters. The molecule has 19 heavy (non-hydrogen) atoms.